The van der Waals surface area contributed by atoms with E-state index in [2.05, 4.69) is 0 Å². The zero-order chi connectivity index (χ0) is 24.9. The van der Waals surface area contributed by atoms with Crippen LogP contribution in [0.3, 0.4) is 0 Å². The molecule has 0 saturated carbocycles. The minimum Gasteiger partial charge on any atom is -0.464 e. The Balaban J connectivity index is 2.03. The molecule has 2 aromatic carbocycles. The number of carbonyl (C=O) groups excluding carboxylic acids is 2. The number of aliphatic imine (C=N–C) groups is 1. The van der Waals surface area contributed by atoms with Crippen LogP contribution in [0.1, 0.15) is 52.7 Å². The number of hydrogen-bond donors (Lipinski definition) is 0. The Morgan fingerprint density at radius 1 is 1.03 bits per heavy atom. The summed E-state index contributed by atoms with van der Waals surface area (Å²) in [4.78, 5) is 31.2. The summed E-state index contributed by atoms with van der Waals surface area (Å²) in [6.07, 6.45) is -1.09. The highest BCUT2D eigenvalue weighted by Crippen LogP contribution is 2.36. The van der Waals surface area contributed by atoms with Gasteiger partial charge in [0, 0.05) is 22.5 Å². The molecule has 1 fully saturated rings. The normalized spacial score (nSPS) is 22.3. The first-order valence-electron chi connectivity index (χ1n) is 11.8. The second-order valence-corrected chi connectivity index (χ2v) is 9.77. The van der Waals surface area contributed by atoms with Crippen LogP contribution in [0.25, 0.3) is 0 Å². The molecule has 6 heteroatoms. The standard InChI is InChI=1S/C28H35NO5/c1-7-32-26(31)23(18(2)22-19(3)33-27(28(4,5)6)34-25(22)30)29-24(20-14-10-8-11-15-20)21-16-12-9-13-17-21/h8-19,22-23,27H,7H2,1-6H3/t18-,19+,22+,23-,27+/m0/s1. The molecule has 0 aromatic heterocycles. The minimum absolute atomic E-state index is 0.219. The summed E-state index contributed by atoms with van der Waals surface area (Å²) in [7, 11) is 0. The predicted octanol–water partition coefficient (Wildman–Crippen LogP) is 5.04. The van der Waals surface area contributed by atoms with Crippen molar-refractivity contribution in [1.29, 1.82) is 0 Å². The highest BCUT2D eigenvalue weighted by Gasteiger charge is 2.47. The van der Waals surface area contributed by atoms with E-state index in [1.807, 2.05) is 95.3 Å². The summed E-state index contributed by atoms with van der Waals surface area (Å²) >= 11 is 0. The lowest BCUT2D eigenvalue weighted by Crippen LogP contribution is -2.51. The van der Waals surface area contributed by atoms with Crippen LogP contribution in [0.2, 0.25) is 0 Å². The Labute approximate surface area is 202 Å². The van der Waals surface area contributed by atoms with Crippen molar-refractivity contribution in [3.05, 3.63) is 71.8 Å². The molecule has 6 nitrogen and oxygen atoms in total. The van der Waals surface area contributed by atoms with E-state index in [4.69, 9.17) is 19.2 Å². The van der Waals surface area contributed by atoms with Crippen LogP contribution in [-0.4, -0.2) is 42.7 Å². The molecule has 0 amide bonds. The zero-order valence-electron chi connectivity index (χ0n) is 20.9. The van der Waals surface area contributed by atoms with Crippen LogP contribution in [0.15, 0.2) is 65.7 Å². The van der Waals surface area contributed by atoms with E-state index < -0.39 is 36.2 Å². The fraction of sp³-hybridized carbons (Fsp3) is 0.464. The molecule has 0 bridgehead atoms. The van der Waals surface area contributed by atoms with Crippen molar-refractivity contribution in [3.63, 3.8) is 0 Å². The lowest BCUT2D eigenvalue weighted by molar-refractivity contribution is -0.258. The topological polar surface area (TPSA) is 74.2 Å². The maximum atomic E-state index is 13.1. The van der Waals surface area contributed by atoms with Gasteiger partial charge in [0.2, 0.25) is 6.29 Å². The first kappa shape index (κ1) is 25.6. The lowest BCUT2D eigenvalue weighted by Gasteiger charge is -2.41. The summed E-state index contributed by atoms with van der Waals surface area (Å²) in [5, 5.41) is 0. The summed E-state index contributed by atoms with van der Waals surface area (Å²) < 4.78 is 17.1. The van der Waals surface area contributed by atoms with E-state index in [9.17, 15) is 9.59 Å². The Bertz CT molecular complexity index is 955. The third kappa shape index (κ3) is 5.92. The zero-order valence-corrected chi connectivity index (χ0v) is 20.9. The second-order valence-electron chi connectivity index (χ2n) is 9.77. The number of ether oxygens (including phenoxy) is 3. The minimum atomic E-state index is -0.912. The number of cyclic esters (lactones) is 1. The van der Waals surface area contributed by atoms with Crippen molar-refractivity contribution in [2.45, 2.75) is 60.0 Å². The van der Waals surface area contributed by atoms with Crippen LogP contribution in [0.4, 0.5) is 0 Å². The molecule has 1 heterocycles. The number of rotatable bonds is 7. The number of nitrogens with zero attached hydrogens (tertiary/aromatic N) is 1. The number of benzene rings is 2. The van der Waals surface area contributed by atoms with E-state index in [1.165, 1.54) is 0 Å². The highest BCUT2D eigenvalue weighted by atomic mass is 16.7. The van der Waals surface area contributed by atoms with Gasteiger partial charge < -0.3 is 14.2 Å². The van der Waals surface area contributed by atoms with Gasteiger partial charge >= 0.3 is 11.9 Å². The first-order chi connectivity index (χ1) is 16.1. The van der Waals surface area contributed by atoms with Gasteiger partial charge in [-0.2, -0.15) is 0 Å². The SMILES string of the molecule is CCOC(=O)[C@@H](N=C(c1ccccc1)c1ccccc1)[C@@H](C)[C@H]1C(=O)O[C@H](C(C)(C)C)O[C@@H]1C. The van der Waals surface area contributed by atoms with E-state index in [1.54, 1.807) is 6.92 Å². The largest absolute Gasteiger partial charge is 0.464 e. The average Bonchev–Trinajstić information content (AvgIpc) is 2.80. The molecule has 1 aliphatic rings. The molecule has 0 unspecified atom stereocenters. The van der Waals surface area contributed by atoms with Gasteiger partial charge in [-0.25, -0.2) is 4.79 Å². The Hall–Kier alpha value is -2.99. The molecule has 0 radical (unpaired) electrons. The van der Waals surface area contributed by atoms with E-state index in [0.717, 1.165) is 11.1 Å². The molecule has 3 rings (SSSR count). The Morgan fingerprint density at radius 2 is 1.56 bits per heavy atom. The lowest BCUT2D eigenvalue weighted by atomic mass is 9.82. The summed E-state index contributed by atoms with van der Waals surface area (Å²) in [5.41, 5.74) is 2.05. The molecule has 34 heavy (non-hydrogen) atoms. The van der Waals surface area contributed by atoms with Gasteiger partial charge in [-0.05, 0) is 13.8 Å². The van der Waals surface area contributed by atoms with Crippen LogP contribution in [0, 0.1) is 17.3 Å². The van der Waals surface area contributed by atoms with Crippen molar-refractivity contribution in [2.75, 3.05) is 6.61 Å². The van der Waals surface area contributed by atoms with Crippen LogP contribution in [0.5, 0.6) is 0 Å². The van der Waals surface area contributed by atoms with Crippen molar-refractivity contribution in [1.82, 2.24) is 0 Å². The fourth-order valence-electron chi connectivity index (χ4n) is 4.16. The summed E-state index contributed by atoms with van der Waals surface area (Å²) in [5.74, 6) is -2.02. The maximum Gasteiger partial charge on any atom is 0.331 e. The average molecular weight is 466 g/mol. The predicted molar refractivity (Wildman–Crippen MR) is 131 cm³/mol. The van der Waals surface area contributed by atoms with E-state index in [0.29, 0.717) is 5.71 Å². The van der Waals surface area contributed by atoms with Gasteiger partial charge in [0.25, 0.3) is 0 Å². The number of hydrogen-bond acceptors (Lipinski definition) is 6. The first-order valence-corrected chi connectivity index (χ1v) is 11.8. The highest BCUT2D eigenvalue weighted by molar-refractivity contribution is 6.13. The maximum absolute atomic E-state index is 13.1. The summed E-state index contributed by atoms with van der Waals surface area (Å²) in [6.45, 7) is 11.5. The Morgan fingerprint density at radius 3 is 2.00 bits per heavy atom. The third-order valence-corrected chi connectivity index (χ3v) is 6.00. The van der Waals surface area contributed by atoms with Crippen molar-refractivity contribution < 1.29 is 23.8 Å². The molecule has 2 aromatic rings. The van der Waals surface area contributed by atoms with Crippen molar-refractivity contribution in [3.8, 4) is 0 Å². The van der Waals surface area contributed by atoms with Gasteiger partial charge in [-0.15, -0.1) is 0 Å². The van der Waals surface area contributed by atoms with Crippen molar-refractivity contribution >= 4 is 17.7 Å². The molecule has 1 aliphatic heterocycles. The van der Waals surface area contributed by atoms with Gasteiger partial charge in [0.15, 0.2) is 6.04 Å². The van der Waals surface area contributed by atoms with E-state index >= 15 is 0 Å². The van der Waals surface area contributed by atoms with E-state index in [-0.39, 0.29) is 18.0 Å². The smallest absolute Gasteiger partial charge is 0.331 e. The van der Waals surface area contributed by atoms with Gasteiger partial charge in [0.1, 0.15) is 0 Å². The number of carbonyl (C=O) groups is 2. The van der Waals surface area contributed by atoms with Gasteiger partial charge in [0.05, 0.1) is 24.3 Å². The second kappa shape index (κ2) is 11.0. The van der Waals surface area contributed by atoms with Gasteiger partial charge in [-0.1, -0.05) is 88.4 Å². The monoisotopic (exact) mass is 465 g/mol. The molecule has 0 spiro atoms. The van der Waals surface area contributed by atoms with Crippen LogP contribution in [-0.2, 0) is 23.8 Å². The molecule has 5 atom stereocenters. The fourth-order valence-corrected chi connectivity index (χ4v) is 4.16. The molecule has 0 aliphatic carbocycles. The third-order valence-electron chi connectivity index (χ3n) is 6.00. The molecule has 1 saturated heterocycles. The summed E-state index contributed by atoms with van der Waals surface area (Å²) in [6, 6.07) is 18.5. The Kier molecular flexibility index (Phi) is 8.26. The molecular weight excluding hydrogens is 430 g/mol. The quantitative estimate of drug-likeness (QED) is 0.423. The molecular formula is C28H35NO5. The molecule has 182 valence electrons. The number of esters is 2. The van der Waals surface area contributed by atoms with Crippen LogP contribution < -0.4 is 0 Å². The van der Waals surface area contributed by atoms with Gasteiger partial charge in [-0.3, -0.25) is 9.79 Å². The van der Waals surface area contributed by atoms with Crippen LogP contribution >= 0.6 is 0 Å². The molecule has 0 N–H and O–H groups in total. The van der Waals surface area contributed by atoms with Crippen molar-refractivity contribution in [2.24, 2.45) is 22.2 Å².